The highest BCUT2D eigenvalue weighted by Crippen LogP contribution is 2.32. The van der Waals surface area contributed by atoms with Crippen molar-refractivity contribution < 1.29 is 17.9 Å². The van der Waals surface area contributed by atoms with Gasteiger partial charge in [0.1, 0.15) is 13.2 Å². The Hall–Kier alpha value is -1.78. The van der Waals surface area contributed by atoms with E-state index in [0.29, 0.717) is 37.7 Å². The number of unbranched alkanes of at least 4 members (excludes halogenated alkanes) is 1. The van der Waals surface area contributed by atoms with Crippen LogP contribution in [0.2, 0.25) is 0 Å². The Morgan fingerprint density at radius 3 is 2.65 bits per heavy atom. The van der Waals surface area contributed by atoms with E-state index in [1.165, 1.54) is 12.1 Å². The molecule has 0 atom stereocenters. The van der Waals surface area contributed by atoms with Crippen LogP contribution in [0, 0.1) is 16.7 Å². The van der Waals surface area contributed by atoms with E-state index in [4.69, 9.17) is 14.7 Å². The predicted octanol–water partition coefficient (Wildman–Crippen LogP) is 2.46. The van der Waals surface area contributed by atoms with E-state index in [9.17, 15) is 8.42 Å². The van der Waals surface area contributed by atoms with E-state index in [2.05, 4.69) is 10.8 Å². The van der Waals surface area contributed by atoms with E-state index >= 15 is 0 Å². The number of benzene rings is 1. The number of sulfonamides is 1. The first-order valence-electron chi connectivity index (χ1n) is 7.60. The van der Waals surface area contributed by atoms with Crippen molar-refractivity contribution >= 4 is 10.0 Å². The van der Waals surface area contributed by atoms with Gasteiger partial charge in [0.2, 0.25) is 10.0 Å². The molecule has 0 saturated carbocycles. The molecule has 6 nitrogen and oxygen atoms in total. The average molecular weight is 338 g/mol. The fourth-order valence-corrected chi connectivity index (χ4v) is 3.56. The largest absolute Gasteiger partial charge is 0.486 e. The molecule has 126 valence electrons. The van der Waals surface area contributed by atoms with Crippen molar-refractivity contribution in [2.24, 2.45) is 5.41 Å². The van der Waals surface area contributed by atoms with E-state index < -0.39 is 10.0 Å². The van der Waals surface area contributed by atoms with Crippen LogP contribution in [-0.4, -0.2) is 28.2 Å². The average Bonchev–Trinajstić information content (AvgIpc) is 2.53. The monoisotopic (exact) mass is 338 g/mol. The summed E-state index contributed by atoms with van der Waals surface area (Å²) in [5.41, 5.74) is -0.211. The van der Waals surface area contributed by atoms with Gasteiger partial charge in [-0.1, -0.05) is 13.8 Å². The molecule has 0 bridgehead atoms. The second-order valence-electron chi connectivity index (χ2n) is 6.31. The SMILES string of the molecule is CC(C)(CCCC#N)CNS(=O)(=O)c1ccc2c(c1)OCCO2. The van der Waals surface area contributed by atoms with E-state index in [1.807, 2.05) is 13.8 Å². The van der Waals surface area contributed by atoms with Gasteiger partial charge in [0.05, 0.1) is 11.0 Å². The van der Waals surface area contributed by atoms with Gasteiger partial charge in [0.15, 0.2) is 11.5 Å². The Morgan fingerprint density at radius 1 is 1.26 bits per heavy atom. The maximum atomic E-state index is 12.4. The molecule has 1 heterocycles. The summed E-state index contributed by atoms with van der Waals surface area (Å²) in [6.07, 6.45) is 2.03. The van der Waals surface area contributed by atoms with Gasteiger partial charge in [-0.2, -0.15) is 5.26 Å². The first kappa shape index (κ1) is 17.6. The van der Waals surface area contributed by atoms with Crippen molar-refractivity contribution in [3.05, 3.63) is 18.2 Å². The third-order valence-corrected chi connectivity index (χ3v) is 5.11. The second-order valence-corrected chi connectivity index (χ2v) is 8.07. The van der Waals surface area contributed by atoms with E-state index in [1.54, 1.807) is 6.07 Å². The van der Waals surface area contributed by atoms with Crippen molar-refractivity contribution in [1.82, 2.24) is 4.72 Å². The highest BCUT2D eigenvalue weighted by molar-refractivity contribution is 7.89. The number of hydrogen-bond acceptors (Lipinski definition) is 5. The molecule has 0 aliphatic carbocycles. The summed E-state index contributed by atoms with van der Waals surface area (Å²) in [6, 6.07) is 6.71. The molecule has 1 aliphatic heterocycles. The van der Waals surface area contributed by atoms with Gasteiger partial charge in [0.25, 0.3) is 0 Å². The molecule has 7 heteroatoms. The van der Waals surface area contributed by atoms with Gasteiger partial charge in [-0.25, -0.2) is 13.1 Å². The zero-order chi connectivity index (χ0) is 16.9. The molecule has 0 amide bonds. The van der Waals surface area contributed by atoms with Crippen LogP contribution in [0.5, 0.6) is 11.5 Å². The Kier molecular flexibility index (Phi) is 5.50. The minimum absolute atomic E-state index is 0.162. The van der Waals surface area contributed by atoms with Gasteiger partial charge < -0.3 is 9.47 Å². The Labute approximate surface area is 137 Å². The van der Waals surface area contributed by atoms with E-state index in [0.717, 1.165) is 12.8 Å². The summed E-state index contributed by atoms with van der Waals surface area (Å²) in [4.78, 5) is 0.162. The molecule has 0 aromatic heterocycles. The molecule has 0 saturated heterocycles. The number of fused-ring (bicyclic) bond motifs is 1. The highest BCUT2D eigenvalue weighted by Gasteiger charge is 2.23. The zero-order valence-corrected chi connectivity index (χ0v) is 14.3. The third kappa shape index (κ3) is 4.85. The first-order valence-corrected chi connectivity index (χ1v) is 9.09. The first-order chi connectivity index (χ1) is 10.8. The van der Waals surface area contributed by atoms with Crippen LogP contribution in [0.4, 0.5) is 0 Å². The lowest BCUT2D eigenvalue weighted by atomic mass is 9.87. The van der Waals surface area contributed by atoms with Crippen LogP contribution in [0.1, 0.15) is 33.1 Å². The van der Waals surface area contributed by atoms with Gasteiger partial charge >= 0.3 is 0 Å². The lowest BCUT2D eigenvalue weighted by molar-refractivity contribution is 0.171. The predicted molar refractivity (Wildman–Crippen MR) is 85.9 cm³/mol. The molecule has 0 radical (unpaired) electrons. The normalized spacial score (nSPS) is 14.3. The number of nitrogens with zero attached hydrogens (tertiary/aromatic N) is 1. The number of ether oxygens (including phenoxy) is 2. The smallest absolute Gasteiger partial charge is 0.240 e. The third-order valence-electron chi connectivity index (χ3n) is 3.71. The molecule has 0 fully saturated rings. The van der Waals surface area contributed by atoms with Gasteiger partial charge in [-0.05, 0) is 30.4 Å². The number of hydrogen-bond donors (Lipinski definition) is 1. The molecule has 1 N–H and O–H groups in total. The van der Waals surface area contributed by atoms with Crippen LogP contribution in [0.15, 0.2) is 23.1 Å². The summed E-state index contributed by atoms with van der Waals surface area (Å²) in [7, 11) is -3.61. The van der Waals surface area contributed by atoms with Crippen molar-refractivity contribution in [3.63, 3.8) is 0 Å². The maximum absolute atomic E-state index is 12.4. The standard InChI is InChI=1S/C16H22N2O4S/c1-16(2,7-3-4-8-17)12-18-23(19,20)13-5-6-14-15(11-13)22-10-9-21-14/h5-6,11,18H,3-4,7,9-10,12H2,1-2H3. The molecule has 1 aromatic carbocycles. The minimum atomic E-state index is -3.61. The van der Waals surface area contributed by atoms with Crippen molar-refractivity contribution in [2.45, 2.75) is 38.0 Å². The summed E-state index contributed by atoms with van der Waals surface area (Å²) in [6.45, 7) is 5.16. The fourth-order valence-electron chi connectivity index (χ4n) is 2.30. The zero-order valence-electron chi connectivity index (χ0n) is 13.5. The highest BCUT2D eigenvalue weighted by atomic mass is 32.2. The minimum Gasteiger partial charge on any atom is -0.486 e. The number of rotatable bonds is 7. The van der Waals surface area contributed by atoms with Crippen molar-refractivity contribution in [2.75, 3.05) is 19.8 Å². The van der Waals surface area contributed by atoms with Gasteiger partial charge in [-0.15, -0.1) is 0 Å². The summed E-state index contributed by atoms with van der Waals surface area (Å²) < 4.78 is 38.3. The molecule has 0 unspecified atom stereocenters. The molecular formula is C16H22N2O4S. The molecule has 1 aliphatic rings. The van der Waals surface area contributed by atoms with Crippen LogP contribution in [0.3, 0.4) is 0 Å². The summed E-state index contributed by atoms with van der Waals surface area (Å²) in [5, 5.41) is 8.58. The topological polar surface area (TPSA) is 88.4 Å². The van der Waals surface area contributed by atoms with Crippen molar-refractivity contribution in [3.8, 4) is 17.6 Å². The maximum Gasteiger partial charge on any atom is 0.240 e. The van der Waals surface area contributed by atoms with Crippen LogP contribution in [-0.2, 0) is 10.0 Å². The molecule has 1 aromatic rings. The Morgan fingerprint density at radius 2 is 1.96 bits per heavy atom. The van der Waals surface area contributed by atoms with E-state index in [-0.39, 0.29) is 10.3 Å². The molecule has 0 spiro atoms. The van der Waals surface area contributed by atoms with Crippen molar-refractivity contribution in [1.29, 1.82) is 5.26 Å². The lowest BCUT2D eigenvalue weighted by Crippen LogP contribution is -2.34. The Bertz CT molecular complexity index is 693. The van der Waals surface area contributed by atoms with Gasteiger partial charge in [0, 0.05) is 19.0 Å². The second kappa shape index (κ2) is 7.20. The molecule has 2 rings (SSSR count). The number of nitriles is 1. The summed E-state index contributed by atoms with van der Waals surface area (Å²) in [5.74, 6) is 1.01. The van der Waals surface area contributed by atoms with Gasteiger partial charge in [-0.3, -0.25) is 0 Å². The molecular weight excluding hydrogens is 316 g/mol. The lowest BCUT2D eigenvalue weighted by Gasteiger charge is -2.24. The summed E-state index contributed by atoms with van der Waals surface area (Å²) >= 11 is 0. The van der Waals surface area contributed by atoms with Crippen LogP contribution in [0.25, 0.3) is 0 Å². The van der Waals surface area contributed by atoms with Crippen LogP contribution >= 0.6 is 0 Å². The van der Waals surface area contributed by atoms with Crippen LogP contribution < -0.4 is 14.2 Å². The Balaban J connectivity index is 2.03. The quantitative estimate of drug-likeness (QED) is 0.772. The number of nitrogens with one attached hydrogen (secondary N) is 1. The fraction of sp³-hybridized carbons (Fsp3) is 0.562. The molecule has 23 heavy (non-hydrogen) atoms.